The van der Waals surface area contributed by atoms with Crippen LogP contribution in [0.25, 0.3) is 0 Å². The Bertz CT molecular complexity index is 374. The minimum absolute atomic E-state index is 0.291. The normalized spacial score (nSPS) is 29.7. The van der Waals surface area contributed by atoms with E-state index in [1.165, 1.54) is 0 Å². The van der Waals surface area contributed by atoms with E-state index in [0.717, 1.165) is 76.5 Å². The number of amides is 1. The number of hydrogen-bond acceptors (Lipinski definition) is 4. The first-order valence-corrected chi connectivity index (χ1v) is 9.84. The molecule has 0 bridgehead atoms. The largest absolute Gasteiger partial charge is 0.384 e. The third-order valence-electron chi connectivity index (χ3n) is 5.94. The van der Waals surface area contributed by atoms with Crippen LogP contribution in [0.2, 0.25) is 0 Å². The molecule has 1 amide bonds. The zero-order valence-corrected chi connectivity index (χ0v) is 14.5. The van der Waals surface area contributed by atoms with Gasteiger partial charge in [0.25, 0.3) is 0 Å². The molecule has 0 N–H and O–H groups in total. The van der Waals surface area contributed by atoms with Crippen molar-refractivity contribution in [2.24, 2.45) is 17.3 Å². The molecule has 3 aliphatic heterocycles. The number of hydrogen-bond donors (Lipinski definition) is 0. The fourth-order valence-corrected chi connectivity index (χ4v) is 5.45. The Balaban J connectivity index is 1.57. The van der Waals surface area contributed by atoms with E-state index in [2.05, 4.69) is 4.90 Å². The predicted octanol–water partition coefficient (Wildman–Crippen LogP) is 2.42. The molecule has 5 heteroatoms. The zero-order valence-electron chi connectivity index (χ0n) is 13.7. The molecule has 0 radical (unpaired) electrons. The standard InChI is InChI=1S/C17H29NO3S/c1-20-12-15-13-21-9-6-17(15)4-7-18(8-5-17)16(19)14-2-10-22-11-3-14/h14-15H,2-13H2,1H3. The molecule has 1 unspecified atom stereocenters. The summed E-state index contributed by atoms with van der Waals surface area (Å²) in [5.41, 5.74) is 0.341. The quantitative estimate of drug-likeness (QED) is 0.798. The number of thioether (sulfide) groups is 1. The van der Waals surface area contributed by atoms with E-state index in [1.54, 1.807) is 7.11 Å². The number of likely N-dealkylation sites (tertiary alicyclic amines) is 1. The number of ether oxygens (including phenoxy) is 2. The van der Waals surface area contributed by atoms with Gasteiger partial charge in [0.2, 0.25) is 5.91 Å². The van der Waals surface area contributed by atoms with Crippen LogP contribution in [-0.4, -0.2) is 62.3 Å². The van der Waals surface area contributed by atoms with E-state index >= 15 is 0 Å². The molecule has 0 aromatic rings. The Morgan fingerprint density at radius 2 is 2.00 bits per heavy atom. The van der Waals surface area contributed by atoms with Crippen LogP contribution in [0, 0.1) is 17.3 Å². The minimum Gasteiger partial charge on any atom is -0.384 e. The van der Waals surface area contributed by atoms with Gasteiger partial charge in [0, 0.05) is 38.6 Å². The van der Waals surface area contributed by atoms with E-state index in [1.807, 2.05) is 11.8 Å². The third-order valence-corrected chi connectivity index (χ3v) is 6.99. The van der Waals surface area contributed by atoms with Crippen molar-refractivity contribution >= 4 is 17.7 Å². The van der Waals surface area contributed by atoms with E-state index < -0.39 is 0 Å². The molecule has 1 atom stereocenters. The molecule has 0 aromatic heterocycles. The van der Waals surface area contributed by atoms with E-state index in [4.69, 9.17) is 9.47 Å². The second-order valence-electron chi connectivity index (χ2n) is 7.05. The smallest absolute Gasteiger partial charge is 0.225 e. The molecule has 0 aliphatic carbocycles. The Labute approximate surface area is 138 Å². The Morgan fingerprint density at radius 1 is 1.27 bits per heavy atom. The van der Waals surface area contributed by atoms with Gasteiger partial charge >= 0.3 is 0 Å². The highest BCUT2D eigenvalue weighted by molar-refractivity contribution is 7.99. The monoisotopic (exact) mass is 327 g/mol. The first-order chi connectivity index (χ1) is 10.7. The van der Waals surface area contributed by atoms with Crippen LogP contribution in [0.3, 0.4) is 0 Å². The molecular formula is C17H29NO3S. The summed E-state index contributed by atoms with van der Waals surface area (Å²) in [6.45, 7) is 4.34. The van der Waals surface area contributed by atoms with Crippen LogP contribution in [-0.2, 0) is 14.3 Å². The molecule has 126 valence electrons. The van der Waals surface area contributed by atoms with Crippen molar-refractivity contribution in [1.82, 2.24) is 4.90 Å². The van der Waals surface area contributed by atoms with Crippen LogP contribution in [0.1, 0.15) is 32.1 Å². The molecule has 3 heterocycles. The maximum Gasteiger partial charge on any atom is 0.225 e. The summed E-state index contributed by atoms with van der Waals surface area (Å²) in [5.74, 6) is 3.52. The number of carbonyl (C=O) groups is 1. The maximum absolute atomic E-state index is 12.7. The van der Waals surface area contributed by atoms with Gasteiger partial charge in [-0.25, -0.2) is 0 Å². The molecule has 1 spiro atoms. The molecule has 3 rings (SSSR count). The van der Waals surface area contributed by atoms with Gasteiger partial charge in [-0.15, -0.1) is 0 Å². The Hall–Kier alpha value is -0.260. The summed E-state index contributed by atoms with van der Waals surface area (Å²) in [5, 5.41) is 0. The minimum atomic E-state index is 0.291. The van der Waals surface area contributed by atoms with Gasteiger partial charge in [0.15, 0.2) is 0 Å². The number of rotatable bonds is 3. The van der Waals surface area contributed by atoms with Crippen LogP contribution in [0.15, 0.2) is 0 Å². The van der Waals surface area contributed by atoms with Crippen LogP contribution in [0.5, 0.6) is 0 Å². The second-order valence-corrected chi connectivity index (χ2v) is 8.28. The van der Waals surface area contributed by atoms with Gasteiger partial charge < -0.3 is 14.4 Å². The van der Waals surface area contributed by atoms with Crippen molar-refractivity contribution in [2.45, 2.75) is 32.1 Å². The SMILES string of the molecule is COCC1COCCC12CCN(C(=O)C1CCSCC1)CC2. The summed E-state index contributed by atoms with van der Waals surface area (Å²) in [7, 11) is 1.78. The van der Waals surface area contributed by atoms with Gasteiger partial charge in [-0.2, -0.15) is 11.8 Å². The maximum atomic E-state index is 12.7. The van der Waals surface area contributed by atoms with Crippen molar-refractivity contribution in [3.8, 4) is 0 Å². The Kier molecular flexibility index (Phi) is 5.69. The number of piperidine rings is 1. The molecule has 3 aliphatic rings. The Morgan fingerprint density at radius 3 is 2.68 bits per heavy atom. The van der Waals surface area contributed by atoms with E-state index in [-0.39, 0.29) is 0 Å². The van der Waals surface area contributed by atoms with Crippen molar-refractivity contribution in [3.63, 3.8) is 0 Å². The summed E-state index contributed by atoms with van der Waals surface area (Å²) in [6, 6.07) is 0. The summed E-state index contributed by atoms with van der Waals surface area (Å²) in [6.07, 6.45) is 5.52. The zero-order chi connectivity index (χ0) is 15.4. The van der Waals surface area contributed by atoms with Gasteiger partial charge in [0.1, 0.15) is 0 Å². The summed E-state index contributed by atoms with van der Waals surface area (Å²) >= 11 is 1.99. The number of carbonyl (C=O) groups excluding carboxylic acids is 1. The van der Waals surface area contributed by atoms with Gasteiger partial charge in [-0.3, -0.25) is 4.79 Å². The molecule has 22 heavy (non-hydrogen) atoms. The molecular weight excluding hydrogens is 298 g/mol. The van der Waals surface area contributed by atoms with E-state index in [9.17, 15) is 4.79 Å². The molecule has 0 saturated carbocycles. The average Bonchev–Trinajstić information content (AvgIpc) is 2.58. The first kappa shape index (κ1) is 16.6. The lowest BCUT2D eigenvalue weighted by molar-refractivity contribution is -0.142. The fourth-order valence-electron chi connectivity index (χ4n) is 4.34. The van der Waals surface area contributed by atoms with Crippen LogP contribution >= 0.6 is 11.8 Å². The van der Waals surface area contributed by atoms with Crippen molar-refractivity contribution in [3.05, 3.63) is 0 Å². The molecule has 0 aromatic carbocycles. The van der Waals surface area contributed by atoms with Crippen LogP contribution < -0.4 is 0 Å². The lowest BCUT2D eigenvalue weighted by Gasteiger charge is -2.49. The van der Waals surface area contributed by atoms with Gasteiger partial charge in [-0.1, -0.05) is 0 Å². The van der Waals surface area contributed by atoms with Crippen molar-refractivity contribution in [2.75, 3.05) is 51.5 Å². The molecule has 4 nitrogen and oxygen atoms in total. The number of methoxy groups -OCH3 is 1. The molecule has 3 fully saturated rings. The van der Waals surface area contributed by atoms with Crippen molar-refractivity contribution in [1.29, 1.82) is 0 Å². The third kappa shape index (κ3) is 3.46. The number of nitrogens with zero attached hydrogens (tertiary/aromatic N) is 1. The highest BCUT2D eigenvalue weighted by atomic mass is 32.2. The van der Waals surface area contributed by atoms with Gasteiger partial charge in [0.05, 0.1) is 13.2 Å². The highest BCUT2D eigenvalue weighted by Gasteiger charge is 2.44. The van der Waals surface area contributed by atoms with Gasteiger partial charge in [-0.05, 0) is 49.0 Å². The lowest BCUT2D eigenvalue weighted by atomic mass is 9.66. The summed E-state index contributed by atoms with van der Waals surface area (Å²) in [4.78, 5) is 14.8. The lowest BCUT2D eigenvalue weighted by Crippen LogP contribution is -2.51. The first-order valence-electron chi connectivity index (χ1n) is 8.68. The second kappa shape index (κ2) is 7.54. The van der Waals surface area contributed by atoms with Crippen LogP contribution in [0.4, 0.5) is 0 Å². The topological polar surface area (TPSA) is 38.8 Å². The molecule has 3 saturated heterocycles. The average molecular weight is 327 g/mol. The van der Waals surface area contributed by atoms with Crippen molar-refractivity contribution < 1.29 is 14.3 Å². The fraction of sp³-hybridized carbons (Fsp3) is 0.941. The predicted molar refractivity (Wildman–Crippen MR) is 89.1 cm³/mol. The summed E-state index contributed by atoms with van der Waals surface area (Å²) < 4.78 is 11.1. The highest BCUT2D eigenvalue weighted by Crippen LogP contribution is 2.45. The van der Waals surface area contributed by atoms with E-state index in [0.29, 0.717) is 23.2 Å².